The van der Waals surface area contributed by atoms with E-state index in [2.05, 4.69) is 10.3 Å². The van der Waals surface area contributed by atoms with E-state index in [9.17, 15) is 9.90 Å². The molecule has 0 saturated heterocycles. The molecule has 1 atom stereocenters. The van der Waals surface area contributed by atoms with Crippen molar-refractivity contribution in [3.63, 3.8) is 0 Å². The van der Waals surface area contributed by atoms with Crippen molar-refractivity contribution >= 4 is 41.8 Å². The number of carbonyl (C=O) groups is 1. The molecule has 4 aromatic rings. The lowest BCUT2D eigenvalue weighted by atomic mass is 9.66. The largest absolute Gasteiger partial charge is 0.497 e. The van der Waals surface area contributed by atoms with Crippen LogP contribution < -0.4 is 24.3 Å². The molecule has 0 saturated carbocycles. The second-order valence-corrected chi connectivity index (χ2v) is 9.40. The van der Waals surface area contributed by atoms with Gasteiger partial charge in [0.15, 0.2) is 13.6 Å². The zero-order valence-corrected chi connectivity index (χ0v) is 22.7. The number of aromatic nitrogens is 1. The first kappa shape index (κ1) is 27.2. The Hall–Kier alpha value is -3.82. The maximum Gasteiger partial charge on any atom is 0.185 e. The lowest BCUT2D eigenvalue weighted by Crippen LogP contribution is -2.44. The number of hydrogen-bond donors (Lipinski definition) is 3. The van der Waals surface area contributed by atoms with Crippen LogP contribution in [0.25, 0.3) is 10.9 Å². The van der Waals surface area contributed by atoms with Crippen LogP contribution in [0.4, 0.5) is 5.69 Å². The minimum Gasteiger partial charge on any atom is -0.497 e. The van der Waals surface area contributed by atoms with Crippen LogP contribution in [0.15, 0.2) is 54.7 Å². The zero-order chi connectivity index (χ0) is 27.4. The number of nitrogens with one attached hydrogen (secondary N) is 2. The second kappa shape index (κ2) is 11.3. The number of anilines is 1. The lowest BCUT2D eigenvalue weighted by molar-refractivity contribution is 0.0950. The van der Waals surface area contributed by atoms with Crippen molar-refractivity contribution in [2.45, 2.75) is 12.4 Å². The molecule has 38 heavy (non-hydrogen) atoms. The molecule has 10 heteroatoms. The van der Waals surface area contributed by atoms with Gasteiger partial charge in [0.25, 0.3) is 0 Å². The number of rotatable bonds is 11. The number of H-pyrrole nitrogens is 1. The first-order chi connectivity index (χ1) is 18.2. The highest BCUT2D eigenvalue weighted by Crippen LogP contribution is 2.39. The van der Waals surface area contributed by atoms with E-state index in [1.54, 1.807) is 64.7 Å². The molecule has 0 aliphatic carbocycles. The van der Waals surface area contributed by atoms with Crippen LogP contribution in [0.1, 0.15) is 21.5 Å². The average molecular weight is 537 g/mol. The number of fused-ring (bicyclic) bond motifs is 1. The Kier molecular flexibility index (Phi) is 8.09. The first-order valence-electron chi connectivity index (χ1n) is 12.0. The van der Waals surface area contributed by atoms with Crippen LogP contribution in [-0.4, -0.2) is 58.3 Å². The molecule has 1 aromatic heterocycles. The number of aliphatic hydroxyl groups is 1. The molecule has 0 aliphatic rings. The average Bonchev–Trinajstić information content (AvgIpc) is 3.32. The summed E-state index contributed by atoms with van der Waals surface area (Å²) in [6, 6.07) is 14.2. The van der Waals surface area contributed by atoms with Gasteiger partial charge in [-0.25, -0.2) is 0 Å². The number of ether oxygens (including phenoxy) is 4. The Balaban J connectivity index is 1.89. The molecular weight excluding hydrogens is 507 g/mol. The van der Waals surface area contributed by atoms with E-state index < -0.39 is 5.44 Å². The molecule has 0 radical (unpaired) electrons. The van der Waals surface area contributed by atoms with Crippen LogP contribution in [-0.2, 0) is 5.44 Å². The molecule has 1 unspecified atom stereocenters. The topological polar surface area (TPSA) is 102 Å². The van der Waals surface area contributed by atoms with Gasteiger partial charge in [-0.3, -0.25) is 4.79 Å². The van der Waals surface area contributed by atoms with Gasteiger partial charge >= 0.3 is 0 Å². The maximum absolute atomic E-state index is 14.5. The molecule has 8 nitrogen and oxygen atoms in total. The number of aliphatic hydroxyl groups excluding tert-OH is 1. The van der Waals surface area contributed by atoms with Crippen molar-refractivity contribution in [3.05, 3.63) is 76.4 Å². The third-order valence-corrected chi connectivity index (χ3v) is 6.70. The van der Waals surface area contributed by atoms with E-state index in [0.717, 1.165) is 22.2 Å². The molecule has 0 aliphatic heterocycles. The van der Waals surface area contributed by atoms with Gasteiger partial charge in [-0.15, -0.1) is 0 Å². The Morgan fingerprint density at radius 1 is 1.03 bits per heavy atom. The van der Waals surface area contributed by atoms with E-state index in [1.165, 1.54) is 7.11 Å². The fourth-order valence-electron chi connectivity index (χ4n) is 4.56. The van der Waals surface area contributed by atoms with Gasteiger partial charge < -0.3 is 34.4 Å². The Bertz CT molecular complexity index is 1470. The summed E-state index contributed by atoms with van der Waals surface area (Å²) in [5.41, 5.74) is 2.04. The Labute approximate surface area is 227 Å². The van der Waals surface area contributed by atoms with E-state index in [-0.39, 0.29) is 19.0 Å². The van der Waals surface area contributed by atoms with Gasteiger partial charge in [0, 0.05) is 63.2 Å². The van der Waals surface area contributed by atoms with Gasteiger partial charge in [0.2, 0.25) is 0 Å². The van der Waals surface area contributed by atoms with Gasteiger partial charge in [0.05, 0.1) is 33.4 Å². The summed E-state index contributed by atoms with van der Waals surface area (Å²) in [4.78, 5) is 17.7. The van der Waals surface area contributed by atoms with Crippen molar-refractivity contribution in [1.82, 2.24) is 4.98 Å². The van der Waals surface area contributed by atoms with E-state index >= 15 is 0 Å². The number of ketones is 1. The molecule has 0 amide bonds. The fourth-order valence-corrected chi connectivity index (χ4v) is 4.72. The highest BCUT2D eigenvalue weighted by atomic mass is 35.5. The smallest absolute Gasteiger partial charge is 0.185 e. The molecule has 0 fully saturated rings. The summed E-state index contributed by atoms with van der Waals surface area (Å²) in [6.45, 7) is 1.91. The highest BCUT2D eigenvalue weighted by molar-refractivity contribution is 6.36. The summed E-state index contributed by atoms with van der Waals surface area (Å²) in [5, 5.41) is 13.9. The number of methoxy groups -OCH3 is 3. The summed E-state index contributed by atoms with van der Waals surface area (Å²) in [7, 11) is 6.49. The minimum absolute atomic E-state index is 0.117. The van der Waals surface area contributed by atoms with Gasteiger partial charge in [-0.05, 0) is 30.7 Å². The number of hydrogen-bond acceptors (Lipinski definition) is 7. The number of aromatic amines is 1. The van der Waals surface area contributed by atoms with Gasteiger partial charge in [-0.1, -0.05) is 17.7 Å². The number of Topliss-reactive ketones (excluding diaryl/α,β-unsaturated/α-hetero) is 1. The minimum atomic E-state index is -1.31. The van der Waals surface area contributed by atoms with Crippen LogP contribution in [0.5, 0.6) is 23.0 Å². The quantitative estimate of drug-likeness (QED) is 0.194. The van der Waals surface area contributed by atoms with Crippen LogP contribution in [0.3, 0.4) is 0 Å². The highest BCUT2D eigenvalue weighted by Gasteiger charge is 2.39. The zero-order valence-electron chi connectivity index (χ0n) is 22.0. The van der Waals surface area contributed by atoms with Crippen molar-refractivity contribution < 1.29 is 28.8 Å². The number of carbonyl (C=O) groups excluding carboxylic acids is 1. The second-order valence-electron chi connectivity index (χ2n) is 8.96. The monoisotopic (exact) mass is 536 g/mol. The van der Waals surface area contributed by atoms with Crippen molar-refractivity contribution in [2.75, 3.05) is 39.9 Å². The van der Waals surface area contributed by atoms with Crippen molar-refractivity contribution in [3.8, 4) is 23.0 Å². The maximum atomic E-state index is 14.5. The summed E-state index contributed by atoms with van der Waals surface area (Å²) in [6.07, 6.45) is 1.70. The van der Waals surface area contributed by atoms with E-state index in [0.29, 0.717) is 39.1 Å². The summed E-state index contributed by atoms with van der Waals surface area (Å²) in [5.74, 6) is 1.99. The van der Waals surface area contributed by atoms with Crippen LogP contribution in [0, 0.1) is 6.92 Å². The Morgan fingerprint density at radius 2 is 1.76 bits per heavy atom. The molecule has 0 bridgehead atoms. The summed E-state index contributed by atoms with van der Waals surface area (Å²) >= 11 is 6.26. The molecule has 1 heterocycles. The predicted octanol–water partition coefficient (Wildman–Crippen LogP) is 4.31. The predicted molar refractivity (Wildman–Crippen MR) is 151 cm³/mol. The van der Waals surface area contributed by atoms with Crippen LogP contribution in [0.2, 0.25) is 5.02 Å². The Morgan fingerprint density at radius 3 is 2.45 bits per heavy atom. The van der Waals surface area contributed by atoms with Crippen LogP contribution >= 0.6 is 11.6 Å². The third-order valence-electron chi connectivity index (χ3n) is 6.47. The number of aryl methyl sites for hydroxylation is 1. The first-order valence-corrected chi connectivity index (χ1v) is 12.4. The number of benzene rings is 3. The molecule has 3 aromatic carbocycles. The van der Waals surface area contributed by atoms with E-state index in [1.807, 2.05) is 19.1 Å². The van der Waals surface area contributed by atoms with Gasteiger partial charge in [0.1, 0.15) is 29.6 Å². The van der Waals surface area contributed by atoms with Crippen molar-refractivity contribution in [1.29, 1.82) is 0 Å². The molecule has 198 valence electrons. The standard InChI is InChI=1S/C28H30BClN2O6/c1-16-9-21-22(15-31-24(21)14-25(16)36-3)27(34)28(29,23-6-5-17(30)10-26(23)37-4)32-18-11-19(35-2)13-20(12-18)38-8-7-33/h5-6,9-15,31-33H,7-8,29H2,1-4H3. The SMILES string of the molecule is BC(Nc1cc(OC)cc(OCCO)c1)(C(=O)c1c[nH]c2cc(OC)c(C)cc12)c1ccc(Cl)cc1OC. The molecule has 3 N–H and O–H groups in total. The lowest BCUT2D eigenvalue weighted by Gasteiger charge is -2.33. The molecule has 0 spiro atoms. The normalized spacial score (nSPS) is 12.6. The van der Waals surface area contributed by atoms with Gasteiger partial charge in [-0.2, -0.15) is 0 Å². The summed E-state index contributed by atoms with van der Waals surface area (Å²) < 4.78 is 22.2. The van der Waals surface area contributed by atoms with Crippen molar-refractivity contribution in [2.24, 2.45) is 0 Å². The third kappa shape index (κ3) is 5.25. The van der Waals surface area contributed by atoms with E-state index in [4.69, 9.17) is 30.5 Å². The number of halogens is 1. The fraction of sp³-hybridized carbons (Fsp3) is 0.250. The molecule has 4 rings (SSSR count). The molecular formula is C28H30BClN2O6.